The minimum atomic E-state index is -0.0231. The highest BCUT2D eigenvalue weighted by Crippen LogP contribution is 2.28. The Hall–Kier alpha value is -1.89. The zero-order valence-electron chi connectivity index (χ0n) is 14.8. The molecule has 2 rings (SSSR count). The van der Waals surface area contributed by atoms with Gasteiger partial charge in [0.2, 0.25) is 0 Å². The SMILES string of the molecule is C=C1CCC(C(=O)CC#N)CC1.C=C1CCC(C(=O)OCC)CC1. The Morgan fingerprint density at radius 2 is 1.50 bits per heavy atom. The van der Waals surface area contributed by atoms with Crippen LogP contribution in [0.25, 0.3) is 0 Å². The van der Waals surface area contributed by atoms with Gasteiger partial charge < -0.3 is 4.74 Å². The van der Waals surface area contributed by atoms with Gasteiger partial charge in [0.05, 0.1) is 25.0 Å². The van der Waals surface area contributed by atoms with Crippen molar-refractivity contribution in [2.24, 2.45) is 11.8 Å². The zero-order valence-corrected chi connectivity index (χ0v) is 14.8. The van der Waals surface area contributed by atoms with Gasteiger partial charge >= 0.3 is 5.97 Å². The van der Waals surface area contributed by atoms with E-state index in [0.717, 1.165) is 51.4 Å². The predicted octanol–water partition coefficient (Wildman–Crippen LogP) is 4.51. The summed E-state index contributed by atoms with van der Waals surface area (Å²) < 4.78 is 4.95. The fourth-order valence-electron chi connectivity index (χ4n) is 3.09. The highest BCUT2D eigenvalue weighted by Gasteiger charge is 2.23. The van der Waals surface area contributed by atoms with Gasteiger partial charge in [0.25, 0.3) is 0 Å². The maximum Gasteiger partial charge on any atom is 0.308 e. The number of Topliss-reactive ketones (excluding diaryl/α,β-unsaturated/α-hetero) is 1. The summed E-state index contributed by atoms with van der Waals surface area (Å²) in [5, 5.41) is 8.33. The van der Waals surface area contributed by atoms with Gasteiger partial charge in [-0.3, -0.25) is 9.59 Å². The van der Waals surface area contributed by atoms with Crippen molar-refractivity contribution < 1.29 is 14.3 Å². The molecule has 0 atom stereocenters. The van der Waals surface area contributed by atoms with Crippen molar-refractivity contribution in [2.75, 3.05) is 6.61 Å². The lowest BCUT2D eigenvalue weighted by atomic mass is 9.83. The van der Waals surface area contributed by atoms with Crippen LogP contribution in [-0.2, 0) is 14.3 Å². The lowest BCUT2D eigenvalue weighted by Gasteiger charge is -2.21. The quantitative estimate of drug-likeness (QED) is 0.561. The number of carbonyl (C=O) groups excluding carboxylic acids is 2. The molecule has 0 N–H and O–H groups in total. The van der Waals surface area contributed by atoms with E-state index in [0.29, 0.717) is 6.61 Å². The third-order valence-corrected chi connectivity index (χ3v) is 4.71. The highest BCUT2D eigenvalue weighted by atomic mass is 16.5. The summed E-state index contributed by atoms with van der Waals surface area (Å²) >= 11 is 0. The van der Waals surface area contributed by atoms with E-state index in [4.69, 9.17) is 10.00 Å². The van der Waals surface area contributed by atoms with Gasteiger partial charge in [-0.05, 0) is 58.3 Å². The second-order valence-corrected chi connectivity index (χ2v) is 6.60. The first-order valence-corrected chi connectivity index (χ1v) is 8.87. The van der Waals surface area contributed by atoms with Crippen molar-refractivity contribution in [3.63, 3.8) is 0 Å². The van der Waals surface area contributed by atoms with Crippen LogP contribution in [0.5, 0.6) is 0 Å². The number of allylic oxidation sites excluding steroid dienone is 2. The lowest BCUT2D eigenvalue weighted by Crippen LogP contribution is -2.20. The number of hydrogen-bond donors (Lipinski definition) is 0. The average molecular weight is 331 g/mol. The van der Waals surface area contributed by atoms with E-state index < -0.39 is 0 Å². The number of rotatable bonds is 4. The number of ether oxygens (including phenoxy) is 1. The van der Waals surface area contributed by atoms with Crippen molar-refractivity contribution in [2.45, 2.75) is 64.7 Å². The van der Waals surface area contributed by atoms with E-state index in [-0.39, 0.29) is 30.0 Å². The monoisotopic (exact) mass is 331 g/mol. The standard InChI is InChI=1S/C10H13NO.C10H16O2/c1-8-2-4-9(5-3-8)10(12)6-7-11;1-3-12-10(11)9-6-4-8(2)5-7-9/h9H,1-6H2;9H,2-7H2,1H3. The minimum Gasteiger partial charge on any atom is -0.466 e. The second-order valence-electron chi connectivity index (χ2n) is 6.60. The number of esters is 1. The van der Waals surface area contributed by atoms with Crippen molar-refractivity contribution in [1.29, 1.82) is 5.26 Å². The zero-order chi connectivity index (χ0) is 17.9. The summed E-state index contributed by atoms with van der Waals surface area (Å²) in [4.78, 5) is 22.5. The molecule has 2 aliphatic carbocycles. The smallest absolute Gasteiger partial charge is 0.308 e. The first kappa shape index (κ1) is 20.2. The van der Waals surface area contributed by atoms with Crippen molar-refractivity contribution in [3.8, 4) is 6.07 Å². The fraction of sp³-hybridized carbons (Fsp3) is 0.650. The molecule has 2 fully saturated rings. The molecule has 4 nitrogen and oxygen atoms in total. The van der Waals surface area contributed by atoms with Crippen LogP contribution in [0.2, 0.25) is 0 Å². The average Bonchev–Trinajstić information content (AvgIpc) is 2.57. The molecule has 0 aliphatic heterocycles. The topological polar surface area (TPSA) is 67.2 Å². The van der Waals surface area contributed by atoms with Gasteiger partial charge in [-0.15, -0.1) is 0 Å². The molecule has 0 amide bonds. The Bertz CT molecular complexity index is 495. The Balaban J connectivity index is 0.000000240. The van der Waals surface area contributed by atoms with Crippen LogP contribution < -0.4 is 0 Å². The highest BCUT2D eigenvalue weighted by molar-refractivity contribution is 5.83. The Labute approximate surface area is 145 Å². The van der Waals surface area contributed by atoms with Gasteiger partial charge in [0.1, 0.15) is 5.78 Å². The first-order chi connectivity index (χ1) is 11.5. The normalized spacial score (nSPS) is 19.0. The van der Waals surface area contributed by atoms with E-state index >= 15 is 0 Å². The molecule has 0 heterocycles. The van der Waals surface area contributed by atoms with E-state index in [1.165, 1.54) is 11.1 Å². The molecule has 0 aromatic carbocycles. The van der Waals surface area contributed by atoms with Gasteiger partial charge in [0.15, 0.2) is 0 Å². The minimum absolute atomic E-state index is 0.0231. The summed E-state index contributed by atoms with van der Waals surface area (Å²) in [6, 6.07) is 1.90. The van der Waals surface area contributed by atoms with E-state index in [1.807, 2.05) is 13.0 Å². The van der Waals surface area contributed by atoms with Crippen molar-refractivity contribution >= 4 is 11.8 Å². The van der Waals surface area contributed by atoms with Crippen molar-refractivity contribution in [1.82, 2.24) is 0 Å². The maximum atomic E-state index is 11.3. The third-order valence-electron chi connectivity index (χ3n) is 4.71. The maximum absolute atomic E-state index is 11.3. The molecule has 0 spiro atoms. The summed E-state index contributed by atoms with van der Waals surface area (Å²) in [5.41, 5.74) is 2.52. The largest absolute Gasteiger partial charge is 0.466 e. The van der Waals surface area contributed by atoms with Crippen LogP contribution in [0.3, 0.4) is 0 Å². The summed E-state index contributed by atoms with van der Waals surface area (Å²) in [6.07, 6.45) is 7.64. The van der Waals surface area contributed by atoms with E-state index in [1.54, 1.807) is 0 Å². The van der Waals surface area contributed by atoms with Crippen molar-refractivity contribution in [3.05, 3.63) is 24.3 Å². The van der Waals surface area contributed by atoms with Crippen LogP contribution in [0.15, 0.2) is 24.3 Å². The van der Waals surface area contributed by atoms with Crippen LogP contribution in [0, 0.1) is 23.2 Å². The van der Waals surface area contributed by atoms with Crippen LogP contribution in [0.1, 0.15) is 64.7 Å². The molecule has 0 unspecified atom stereocenters. The molecule has 2 saturated carbocycles. The molecular formula is C20H29NO3. The second kappa shape index (κ2) is 10.8. The molecular weight excluding hydrogens is 302 g/mol. The molecule has 2 aliphatic rings. The molecule has 0 bridgehead atoms. The number of hydrogen-bond acceptors (Lipinski definition) is 4. The Kier molecular flexibility index (Phi) is 9.07. The van der Waals surface area contributed by atoms with E-state index in [9.17, 15) is 9.59 Å². The number of nitrogens with zero attached hydrogens (tertiary/aromatic N) is 1. The lowest BCUT2D eigenvalue weighted by molar-refractivity contribution is -0.148. The molecule has 24 heavy (non-hydrogen) atoms. The van der Waals surface area contributed by atoms with Gasteiger partial charge in [0, 0.05) is 5.92 Å². The summed E-state index contributed by atoms with van der Waals surface area (Å²) in [6.45, 7) is 10.1. The van der Waals surface area contributed by atoms with Gasteiger partial charge in [-0.25, -0.2) is 0 Å². The molecule has 4 heteroatoms. The number of ketones is 1. The van der Waals surface area contributed by atoms with Crippen LogP contribution in [0.4, 0.5) is 0 Å². The first-order valence-electron chi connectivity index (χ1n) is 8.87. The van der Waals surface area contributed by atoms with E-state index in [2.05, 4.69) is 13.2 Å². The molecule has 0 radical (unpaired) electrons. The molecule has 0 aromatic rings. The predicted molar refractivity (Wildman–Crippen MR) is 94.1 cm³/mol. The number of carbonyl (C=O) groups is 2. The molecule has 0 saturated heterocycles. The fourth-order valence-corrected chi connectivity index (χ4v) is 3.09. The molecule has 0 aromatic heterocycles. The number of nitriles is 1. The van der Waals surface area contributed by atoms with Crippen LogP contribution in [-0.4, -0.2) is 18.4 Å². The Morgan fingerprint density at radius 1 is 1.04 bits per heavy atom. The van der Waals surface area contributed by atoms with Gasteiger partial charge in [-0.2, -0.15) is 5.26 Å². The van der Waals surface area contributed by atoms with Gasteiger partial charge in [-0.1, -0.05) is 24.3 Å². The summed E-state index contributed by atoms with van der Waals surface area (Å²) in [5.74, 6) is 0.362. The summed E-state index contributed by atoms with van der Waals surface area (Å²) in [7, 11) is 0. The molecule has 132 valence electrons. The Morgan fingerprint density at radius 3 is 1.92 bits per heavy atom. The third kappa shape index (κ3) is 7.12. The van der Waals surface area contributed by atoms with Crippen LogP contribution >= 0.6 is 0 Å².